The molecule has 36 heavy (non-hydrogen) atoms. The molecule has 0 saturated carbocycles. The Labute approximate surface area is 211 Å². The lowest BCUT2D eigenvalue weighted by atomic mass is 10.0. The standard InChI is InChI=1S/C29H31NO6/c1-33-29(32)25(30-28(31)24-14-15-34-20-24)16-23-12-13-26(35-18-21-8-4-2-5-9-21)27(17-23)36-19-22-10-6-3-7-11-22/h2-13,17,24-25H,14-16,18-20H2,1H3,(H,30,31)/t24-,25-/m1/s1. The lowest BCUT2D eigenvalue weighted by molar-refractivity contribution is -0.145. The van der Waals surface area contributed by atoms with Crippen LogP contribution in [-0.2, 0) is 38.7 Å². The van der Waals surface area contributed by atoms with E-state index >= 15 is 0 Å². The van der Waals surface area contributed by atoms with Crippen LogP contribution in [0.15, 0.2) is 78.9 Å². The average Bonchev–Trinajstić information content (AvgIpc) is 3.47. The summed E-state index contributed by atoms with van der Waals surface area (Å²) in [5.41, 5.74) is 2.87. The fourth-order valence-corrected chi connectivity index (χ4v) is 3.98. The smallest absolute Gasteiger partial charge is 0.328 e. The van der Waals surface area contributed by atoms with Gasteiger partial charge in [-0.3, -0.25) is 4.79 Å². The Bertz CT molecular complexity index is 1130. The van der Waals surface area contributed by atoms with Crippen molar-refractivity contribution in [2.24, 2.45) is 5.92 Å². The molecular formula is C29H31NO6. The molecule has 1 saturated heterocycles. The van der Waals surface area contributed by atoms with Gasteiger partial charge in [0.05, 0.1) is 19.6 Å². The summed E-state index contributed by atoms with van der Waals surface area (Å²) in [6, 6.07) is 24.5. The minimum Gasteiger partial charge on any atom is -0.485 e. The van der Waals surface area contributed by atoms with Gasteiger partial charge < -0.3 is 24.3 Å². The predicted molar refractivity (Wildman–Crippen MR) is 135 cm³/mol. The molecule has 1 aliphatic rings. The first-order chi connectivity index (χ1) is 17.6. The van der Waals surface area contributed by atoms with Gasteiger partial charge in [-0.25, -0.2) is 4.79 Å². The number of carbonyl (C=O) groups is 2. The average molecular weight is 490 g/mol. The van der Waals surface area contributed by atoms with Gasteiger partial charge in [0.25, 0.3) is 0 Å². The maximum Gasteiger partial charge on any atom is 0.328 e. The number of ether oxygens (including phenoxy) is 4. The van der Waals surface area contributed by atoms with Gasteiger partial charge in [-0.2, -0.15) is 0 Å². The second-order valence-electron chi connectivity index (χ2n) is 8.68. The Morgan fingerprint density at radius 3 is 2.11 bits per heavy atom. The quantitative estimate of drug-likeness (QED) is 0.409. The van der Waals surface area contributed by atoms with Crippen molar-refractivity contribution in [1.82, 2.24) is 5.32 Å². The highest BCUT2D eigenvalue weighted by atomic mass is 16.5. The Hall–Kier alpha value is -3.84. The number of benzene rings is 3. The van der Waals surface area contributed by atoms with E-state index in [0.29, 0.717) is 44.3 Å². The summed E-state index contributed by atoms with van der Waals surface area (Å²) >= 11 is 0. The Kier molecular flexibility index (Phi) is 8.94. The van der Waals surface area contributed by atoms with Crippen LogP contribution in [0.25, 0.3) is 0 Å². The zero-order valence-corrected chi connectivity index (χ0v) is 20.4. The van der Waals surface area contributed by atoms with Gasteiger partial charge in [0.1, 0.15) is 19.3 Å². The largest absolute Gasteiger partial charge is 0.485 e. The second kappa shape index (κ2) is 12.7. The van der Waals surface area contributed by atoms with Crippen LogP contribution < -0.4 is 14.8 Å². The fourth-order valence-electron chi connectivity index (χ4n) is 3.98. The Balaban J connectivity index is 1.51. The number of carbonyl (C=O) groups excluding carboxylic acids is 2. The lowest BCUT2D eigenvalue weighted by Crippen LogP contribution is -2.45. The summed E-state index contributed by atoms with van der Waals surface area (Å²) in [6.07, 6.45) is 0.900. The monoisotopic (exact) mass is 489 g/mol. The zero-order chi connectivity index (χ0) is 25.2. The van der Waals surface area contributed by atoms with Crippen LogP contribution in [0, 0.1) is 5.92 Å². The normalized spacial score (nSPS) is 15.6. The van der Waals surface area contributed by atoms with Crippen molar-refractivity contribution in [2.75, 3.05) is 20.3 Å². The third-order valence-corrected chi connectivity index (χ3v) is 6.02. The molecule has 1 aliphatic heterocycles. The highest BCUT2D eigenvalue weighted by Gasteiger charge is 2.29. The van der Waals surface area contributed by atoms with E-state index in [4.69, 9.17) is 18.9 Å². The number of hydrogen-bond donors (Lipinski definition) is 1. The minimum absolute atomic E-state index is 0.203. The van der Waals surface area contributed by atoms with E-state index in [-0.39, 0.29) is 18.2 Å². The first-order valence-electron chi connectivity index (χ1n) is 12.0. The topological polar surface area (TPSA) is 83.1 Å². The summed E-state index contributed by atoms with van der Waals surface area (Å²) < 4.78 is 22.5. The van der Waals surface area contributed by atoms with Crippen molar-refractivity contribution in [3.8, 4) is 11.5 Å². The molecule has 1 amide bonds. The Morgan fingerprint density at radius 1 is 0.889 bits per heavy atom. The number of nitrogens with one attached hydrogen (secondary N) is 1. The van der Waals surface area contributed by atoms with Crippen molar-refractivity contribution in [1.29, 1.82) is 0 Å². The van der Waals surface area contributed by atoms with Crippen molar-refractivity contribution in [3.63, 3.8) is 0 Å². The third-order valence-electron chi connectivity index (χ3n) is 6.02. The van der Waals surface area contributed by atoms with Gasteiger partial charge >= 0.3 is 5.97 Å². The highest BCUT2D eigenvalue weighted by Crippen LogP contribution is 2.31. The molecule has 2 atom stereocenters. The molecule has 4 rings (SSSR count). The Morgan fingerprint density at radius 2 is 1.53 bits per heavy atom. The zero-order valence-electron chi connectivity index (χ0n) is 20.4. The van der Waals surface area contributed by atoms with E-state index in [0.717, 1.165) is 16.7 Å². The van der Waals surface area contributed by atoms with Crippen molar-refractivity contribution < 1.29 is 28.5 Å². The molecule has 0 bridgehead atoms. The van der Waals surface area contributed by atoms with Crippen molar-refractivity contribution >= 4 is 11.9 Å². The molecule has 0 spiro atoms. The van der Waals surface area contributed by atoms with Gasteiger partial charge in [0.15, 0.2) is 11.5 Å². The third kappa shape index (κ3) is 7.09. The van der Waals surface area contributed by atoms with E-state index < -0.39 is 12.0 Å². The van der Waals surface area contributed by atoms with Crippen LogP contribution in [0.4, 0.5) is 0 Å². The van der Waals surface area contributed by atoms with Gasteiger partial charge in [-0.15, -0.1) is 0 Å². The number of esters is 1. The van der Waals surface area contributed by atoms with E-state index in [1.807, 2.05) is 78.9 Å². The summed E-state index contributed by atoms with van der Waals surface area (Å²) in [5.74, 6) is 0.201. The molecule has 7 heteroatoms. The van der Waals surface area contributed by atoms with Crippen molar-refractivity contribution in [3.05, 3.63) is 95.6 Å². The summed E-state index contributed by atoms with van der Waals surface area (Å²) in [4.78, 5) is 25.1. The molecule has 7 nitrogen and oxygen atoms in total. The van der Waals surface area contributed by atoms with Gasteiger partial charge in [-0.1, -0.05) is 66.7 Å². The van der Waals surface area contributed by atoms with Crippen LogP contribution in [0.5, 0.6) is 11.5 Å². The maximum atomic E-state index is 12.6. The van der Waals surface area contributed by atoms with Crippen LogP contribution in [0.1, 0.15) is 23.1 Å². The maximum absolute atomic E-state index is 12.6. The van der Waals surface area contributed by atoms with E-state index in [1.54, 1.807) is 0 Å². The van der Waals surface area contributed by atoms with Gasteiger partial charge in [-0.05, 0) is 35.2 Å². The van der Waals surface area contributed by atoms with Crippen LogP contribution in [0.3, 0.4) is 0 Å². The summed E-state index contributed by atoms with van der Waals surface area (Å²) in [5, 5.41) is 2.83. The number of methoxy groups -OCH3 is 1. The molecule has 0 aromatic heterocycles. The predicted octanol–water partition coefficient (Wildman–Crippen LogP) is 4.08. The molecule has 0 aliphatic carbocycles. The van der Waals surface area contributed by atoms with Crippen molar-refractivity contribution in [2.45, 2.75) is 32.1 Å². The number of rotatable bonds is 11. The highest BCUT2D eigenvalue weighted by molar-refractivity contribution is 5.86. The minimum atomic E-state index is -0.818. The number of amides is 1. The molecule has 3 aromatic carbocycles. The molecule has 3 aromatic rings. The van der Waals surface area contributed by atoms with Crippen LogP contribution in [0.2, 0.25) is 0 Å². The first-order valence-corrected chi connectivity index (χ1v) is 12.0. The van der Waals surface area contributed by atoms with Crippen LogP contribution in [-0.4, -0.2) is 38.2 Å². The number of hydrogen-bond acceptors (Lipinski definition) is 6. The molecule has 1 fully saturated rings. The van der Waals surface area contributed by atoms with E-state index in [2.05, 4.69) is 5.32 Å². The summed E-state index contributed by atoms with van der Waals surface area (Å²) in [7, 11) is 1.31. The molecular weight excluding hydrogens is 458 g/mol. The SMILES string of the molecule is COC(=O)[C@@H](Cc1ccc(OCc2ccccc2)c(OCc2ccccc2)c1)NC(=O)[C@@H]1CCOC1. The van der Waals surface area contributed by atoms with Gasteiger partial charge in [0.2, 0.25) is 5.91 Å². The lowest BCUT2D eigenvalue weighted by Gasteiger charge is -2.20. The van der Waals surface area contributed by atoms with E-state index in [1.165, 1.54) is 7.11 Å². The van der Waals surface area contributed by atoms with Crippen LogP contribution >= 0.6 is 0 Å². The fraction of sp³-hybridized carbons (Fsp3) is 0.310. The molecule has 188 valence electrons. The molecule has 0 unspecified atom stereocenters. The molecule has 1 N–H and O–H groups in total. The van der Waals surface area contributed by atoms with E-state index in [9.17, 15) is 9.59 Å². The molecule has 0 radical (unpaired) electrons. The molecule has 1 heterocycles. The van der Waals surface area contributed by atoms with Gasteiger partial charge in [0, 0.05) is 13.0 Å². The second-order valence-corrected chi connectivity index (χ2v) is 8.68. The summed E-state index contributed by atoms with van der Waals surface area (Å²) in [6.45, 7) is 1.68. The first kappa shape index (κ1) is 25.3.